The van der Waals surface area contributed by atoms with Crippen LogP contribution in [-0.2, 0) is 30.3 Å². The lowest BCUT2D eigenvalue weighted by Crippen LogP contribution is -2.70. The quantitative estimate of drug-likeness (QED) is 0.532. The van der Waals surface area contributed by atoms with Gasteiger partial charge in [-0.1, -0.05) is 30.3 Å². The first-order valence-corrected chi connectivity index (χ1v) is 9.46. The van der Waals surface area contributed by atoms with Crippen LogP contribution in [0, 0.1) is 0 Å². The third kappa shape index (κ3) is 4.28. The Bertz CT molecular complexity index is 840. The average Bonchev–Trinajstić information content (AvgIpc) is 2.64. The summed E-state index contributed by atoms with van der Waals surface area (Å²) in [6.45, 7) is 1.05. The number of nitrogens with zero attached hydrogens (tertiary/aromatic N) is 1. The number of hydrogen-bond acceptors (Lipinski definition) is 7. The molecule has 2 atom stereocenters. The summed E-state index contributed by atoms with van der Waals surface area (Å²) >= 11 is 1.33. The van der Waals surface area contributed by atoms with Gasteiger partial charge in [-0.15, -0.1) is 11.8 Å². The third-order valence-electron chi connectivity index (χ3n) is 4.15. The fourth-order valence-corrected chi connectivity index (χ4v) is 4.21. The van der Waals surface area contributed by atoms with Crippen LogP contribution in [0.4, 0.5) is 4.79 Å². The fraction of sp³-hybridized carbons (Fsp3) is 0.333. The maximum absolute atomic E-state index is 12.5. The van der Waals surface area contributed by atoms with Crippen LogP contribution >= 0.6 is 11.8 Å². The molecule has 2 aliphatic heterocycles. The molecular formula is C18H18N2O7S. The third-order valence-corrected chi connectivity index (χ3v) is 5.49. The molecule has 0 unspecified atom stereocenters. The van der Waals surface area contributed by atoms with Crippen molar-refractivity contribution >= 4 is 35.7 Å². The van der Waals surface area contributed by atoms with Crippen LogP contribution in [0.3, 0.4) is 0 Å². The number of nitrogens with one attached hydrogen (secondary N) is 1. The number of carbonyl (C=O) groups is 4. The molecule has 2 N–H and O–H groups in total. The van der Waals surface area contributed by atoms with E-state index < -0.39 is 29.4 Å². The minimum atomic E-state index is -1.58. The van der Waals surface area contributed by atoms with Gasteiger partial charge in [-0.2, -0.15) is 0 Å². The second-order valence-electron chi connectivity index (χ2n) is 6.17. The Kier molecular flexibility index (Phi) is 5.88. The van der Waals surface area contributed by atoms with Gasteiger partial charge >= 0.3 is 12.1 Å². The molecule has 2 heterocycles. The van der Waals surface area contributed by atoms with Crippen molar-refractivity contribution in [1.29, 1.82) is 0 Å². The first-order chi connectivity index (χ1) is 13.4. The number of benzene rings is 1. The van der Waals surface area contributed by atoms with Crippen LogP contribution in [0.15, 0.2) is 41.8 Å². The smallest absolute Gasteiger partial charge is 0.461 e. The van der Waals surface area contributed by atoms with E-state index in [-0.39, 0.29) is 24.8 Å². The molecule has 1 aromatic carbocycles. The van der Waals surface area contributed by atoms with Crippen molar-refractivity contribution in [3.63, 3.8) is 0 Å². The molecule has 2 aliphatic rings. The van der Waals surface area contributed by atoms with Gasteiger partial charge in [0.15, 0.2) is 0 Å². The Morgan fingerprint density at radius 3 is 2.64 bits per heavy atom. The van der Waals surface area contributed by atoms with Gasteiger partial charge in [0.25, 0.3) is 5.91 Å². The second-order valence-corrected chi connectivity index (χ2v) is 7.28. The lowest BCUT2D eigenvalue weighted by molar-refractivity contribution is -0.149. The minimum Gasteiger partial charge on any atom is -0.461 e. The number of hydrogen-bond donors (Lipinski definition) is 2. The summed E-state index contributed by atoms with van der Waals surface area (Å²) < 4.78 is 9.68. The molecule has 0 bridgehead atoms. The van der Waals surface area contributed by atoms with Crippen LogP contribution in [0.1, 0.15) is 12.5 Å². The molecule has 0 saturated carbocycles. The van der Waals surface area contributed by atoms with E-state index in [1.807, 2.05) is 30.3 Å². The number of carboxylic acid groups (broad SMARTS) is 1. The summed E-state index contributed by atoms with van der Waals surface area (Å²) in [5, 5.41) is 11.2. The van der Waals surface area contributed by atoms with E-state index in [1.54, 1.807) is 0 Å². The van der Waals surface area contributed by atoms with Crippen molar-refractivity contribution in [2.75, 3.05) is 12.4 Å². The van der Waals surface area contributed by atoms with Crippen LogP contribution < -0.4 is 5.32 Å². The van der Waals surface area contributed by atoms with Crippen molar-refractivity contribution in [3.05, 3.63) is 47.4 Å². The van der Waals surface area contributed by atoms with Crippen molar-refractivity contribution in [2.45, 2.75) is 24.8 Å². The Hall–Kier alpha value is -3.01. The monoisotopic (exact) mass is 406 g/mol. The molecular weight excluding hydrogens is 388 g/mol. The average molecular weight is 406 g/mol. The largest absolute Gasteiger partial charge is 0.512 e. The van der Waals surface area contributed by atoms with Gasteiger partial charge in [-0.25, -0.2) is 4.79 Å². The number of esters is 1. The highest BCUT2D eigenvalue weighted by Crippen LogP contribution is 2.40. The molecule has 0 aliphatic carbocycles. The Morgan fingerprint density at radius 1 is 1.29 bits per heavy atom. The summed E-state index contributed by atoms with van der Waals surface area (Å²) in [4.78, 5) is 48.0. The topological polar surface area (TPSA) is 122 Å². The molecule has 1 fully saturated rings. The van der Waals surface area contributed by atoms with Gasteiger partial charge in [-0.05, 0) is 5.56 Å². The van der Waals surface area contributed by atoms with E-state index in [2.05, 4.69) is 5.32 Å². The molecule has 0 radical (unpaired) electrons. The highest BCUT2D eigenvalue weighted by molar-refractivity contribution is 8.00. The number of fused-ring (bicyclic) bond motifs is 1. The SMILES string of the molecule is CC(=O)OCC1=C(OC(=O)O)N2C(=O)[C@@H](NC(=O)Cc3ccccc3)[C@@H]2SC1. The summed E-state index contributed by atoms with van der Waals surface area (Å²) in [7, 11) is 0. The van der Waals surface area contributed by atoms with Gasteiger partial charge in [-0.3, -0.25) is 19.3 Å². The predicted octanol–water partition coefficient (Wildman–Crippen LogP) is 1.10. The van der Waals surface area contributed by atoms with E-state index in [1.165, 1.54) is 23.6 Å². The molecule has 0 aromatic heterocycles. The first-order valence-electron chi connectivity index (χ1n) is 8.41. The number of amides is 2. The number of carbonyl (C=O) groups excluding carboxylic acids is 3. The molecule has 28 heavy (non-hydrogen) atoms. The van der Waals surface area contributed by atoms with Crippen LogP contribution in [0.25, 0.3) is 0 Å². The maximum Gasteiger partial charge on any atom is 0.512 e. The van der Waals surface area contributed by atoms with Crippen LogP contribution in [0.2, 0.25) is 0 Å². The summed E-state index contributed by atoms with van der Waals surface area (Å²) in [5.74, 6) is -1.17. The summed E-state index contributed by atoms with van der Waals surface area (Å²) in [6.07, 6.45) is -1.45. The Morgan fingerprint density at radius 2 is 2.00 bits per heavy atom. The van der Waals surface area contributed by atoms with Gasteiger partial charge < -0.3 is 19.9 Å². The van der Waals surface area contributed by atoms with Crippen LogP contribution in [-0.4, -0.2) is 57.7 Å². The number of β-lactam (4-membered cyclic amide) rings is 1. The maximum atomic E-state index is 12.5. The zero-order valence-corrected chi connectivity index (χ0v) is 15.7. The molecule has 10 heteroatoms. The van der Waals surface area contributed by atoms with Gasteiger partial charge in [0.1, 0.15) is 18.0 Å². The number of rotatable bonds is 6. The van der Waals surface area contributed by atoms with Crippen LogP contribution in [0.5, 0.6) is 0 Å². The Labute approximate surface area is 164 Å². The van der Waals surface area contributed by atoms with Gasteiger partial charge in [0, 0.05) is 18.2 Å². The molecule has 148 valence electrons. The molecule has 2 amide bonds. The summed E-state index contributed by atoms with van der Waals surface area (Å²) in [5.41, 5.74) is 1.19. The van der Waals surface area contributed by atoms with Crippen molar-refractivity contribution < 1.29 is 33.8 Å². The number of thioether (sulfide) groups is 1. The Balaban J connectivity index is 1.69. The first kappa shape index (κ1) is 19.7. The molecule has 0 spiro atoms. The zero-order chi connectivity index (χ0) is 20.3. The minimum absolute atomic E-state index is 0.133. The molecule has 9 nitrogen and oxygen atoms in total. The molecule has 1 saturated heterocycles. The van der Waals surface area contributed by atoms with E-state index in [9.17, 15) is 19.2 Å². The fourth-order valence-electron chi connectivity index (χ4n) is 2.90. The van der Waals surface area contributed by atoms with Gasteiger partial charge in [0.2, 0.25) is 11.8 Å². The highest BCUT2D eigenvalue weighted by atomic mass is 32.2. The van der Waals surface area contributed by atoms with Crippen molar-refractivity contribution in [3.8, 4) is 0 Å². The van der Waals surface area contributed by atoms with E-state index in [0.29, 0.717) is 11.3 Å². The molecule has 1 aromatic rings. The molecule has 3 rings (SSSR count). The lowest BCUT2D eigenvalue weighted by atomic mass is 10.1. The predicted molar refractivity (Wildman–Crippen MR) is 97.9 cm³/mol. The van der Waals surface area contributed by atoms with E-state index >= 15 is 0 Å². The van der Waals surface area contributed by atoms with Crippen molar-refractivity contribution in [2.24, 2.45) is 0 Å². The normalized spacial score (nSPS) is 20.8. The van der Waals surface area contributed by atoms with E-state index in [0.717, 1.165) is 5.56 Å². The lowest BCUT2D eigenvalue weighted by Gasteiger charge is -2.49. The van der Waals surface area contributed by atoms with Gasteiger partial charge in [0.05, 0.1) is 6.42 Å². The number of ether oxygens (including phenoxy) is 2. The van der Waals surface area contributed by atoms with E-state index in [4.69, 9.17) is 14.6 Å². The standard InChI is InChI=1S/C18H18N2O7S/c1-10(21)26-8-12-9-28-17-14(15(23)20(17)16(12)27-18(24)25)19-13(22)7-11-5-3-2-4-6-11/h2-6,14,17H,7-9H2,1H3,(H,19,22)(H,24,25)/t14-,17+/m1/s1. The summed E-state index contributed by atoms with van der Waals surface area (Å²) in [6, 6.07) is 8.34. The second kappa shape index (κ2) is 8.34. The highest BCUT2D eigenvalue weighted by Gasteiger charge is 2.54. The van der Waals surface area contributed by atoms with Crippen molar-refractivity contribution in [1.82, 2.24) is 10.2 Å². The zero-order valence-electron chi connectivity index (χ0n) is 14.9.